The average molecular weight is 311 g/mol. The zero-order valence-corrected chi connectivity index (χ0v) is 12.4. The van der Waals surface area contributed by atoms with E-state index in [9.17, 15) is 14.4 Å². The highest BCUT2D eigenvalue weighted by Crippen LogP contribution is 2.22. The SMILES string of the molecule is Cc1nccc(CCC(=O)ON2C(=O)c3ccccc3C2=O)n1. The van der Waals surface area contributed by atoms with Gasteiger partial charge in [-0.3, -0.25) is 9.59 Å². The van der Waals surface area contributed by atoms with Gasteiger partial charge in [0.25, 0.3) is 11.8 Å². The van der Waals surface area contributed by atoms with Crippen LogP contribution in [0.2, 0.25) is 0 Å². The Balaban J connectivity index is 1.63. The molecule has 0 N–H and O–H groups in total. The van der Waals surface area contributed by atoms with Crippen LogP contribution >= 0.6 is 0 Å². The number of carbonyl (C=O) groups excluding carboxylic acids is 3. The average Bonchev–Trinajstić information content (AvgIpc) is 2.79. The number of hydrogen-bond donors (Lipinski definition) is 0. The molecule has 1 aromatic carbocycles. The normalized spacial score (nSPS) is 13.2. The van der Waals surface area contributed by atoms with Crippen LogP contribution in [0.4, 0.5) is 0 Å². The lowest BCUT2D eigenvalue weighted by Crippen LogP contribution is -2.32. The summed E-state index contributed by atoms with van der Waals surface area (Å²) in [6.45, 7) is 1.75. The molecule has 1 aromatic heterocycles. The van der Waals surface area contributed by atoms with Crippen molar-refractivity contribution in [3.63, 3.8) is 0 Å². The number of hydroxylamine groups is 2. The van der Waals surface area contributed by atoms with Crippen LogP contribution < -0.4 is 0 Å². The topological polar surface area (TPSA) is 89.5 Å². The van der Waals surface area contributed by atoms with E-state index in [4.69, 9.17) is 4.84 Å². The molecule has 0 radical (unpaired) electrons. The van der Waals surface area contributed by atoms with Gasteiger partial charge in [0.05, 0.1) is 17.5 Å². The number of carbonyl (C=O) groups is 3. The lowest BCUT2D eigenvalue weighted by Gasteiger charge is -2.12. The number of rotatable bonds is 4. The first-order valence-corrected chi connectivity index (χ1v) is 7.03. The van der Waals surface area contributed by atoms with Gasteiger partial charge in [-0.15, -0.1) is 0 Å². The number of imide groups is 1. The standard InChI is InChI=1S/C16H13N3O4/c1-10-17-9-8-11(18-10)6-7-14(20)23-19-15(21)12-4-2-3-5-13(12)16(19)22/h2-5,8-9H,6-7H2,1H3. The Morgan fingerprint density at radius 3 is 2.39 bits per heavy atom. The van der Waals surface area contributed by atoms with Crippen molar-refractivity contribution in [3.8, 4) is 0 Å². The maximum Gasteiger partial charge on any atom is 0.333 e. The van der Waals surface area contributed by atoms with Gasteiger partial charge in [0, 0.05) is 18.3 Å². The molecule has 2 amide bonds. The van der Waals surface area contributed by atoms with Gasteiger partial charge in [-0.1, -0.05) is 17.2 Å². The van der Waals surface area contributed by atoms with E-state index < -0.39 is 17.8 Å². The molecule has 0 aliphatic carbocycles. The Morgan fingerprint density at radius 1 is 1.13 bits per heavy atom. The van der Waals surface area contributed by atoms with Crippen LogP contribution in [0.3, 0.4) is 0 Å². The van der Waals surface area contributed by atoms with Crippen molar-refractivity contribution in [2.75, 3.05) is 0 Å². The molecule has 1 aliphatic rings. The van der Waals surface area contributed by atoms with Crippen LogP contribution in [-0.4, -0.2) is 32.8 Å². The first kappa shape index (κ1) is 14.8. The van der Waals surface area contributed by atoms with Crippen molar-refractivity contribution in [2.45, 2.75) is 19.8 Å². The molecule has 23 heavy (non-hydrogen) atoms. The fraction of sp³-hybridized carbons (Fsp3) is 0.188. The van der Waals surface area contributed by atoms with Crippen molar-refractivity contribution in [1.29, 1.82) is 0 Å². The third-order valence-corrected chi connectivity index (χ3v) is 3.37. The summed E-state index contributed by atoms with van der Waals surface area (Å²) in [7, 11) is 0. The van der Waals surface area contributed by atoms with Gasteiger partial charge in [0.15, 0.2) is 0 Å². The highest BCUT2D eigenvalue weighted by molar-refractivity contribution is 6.20. The van der Waals surface area contributed by atoms with Crippen LogP contribution in [0.5, 0.6) is 0 Å². The number of aromatic nitrogens is 2. The Kier molecular flexibility index (Phi) is 3.84. The van der Waals surface area contributed by atoms with E-state index in [1.54, 1.807) is 31.3 Å². The predicted octanol–water partition coefficient (Wildman–Crippen LogP) is 1.47. The van der Waals surface area contributed by atoms with E-state index in [1.807, 2.05) is 0 Å². The summed E-state index contributed by atoms with van der Waals surface area (Å²) < 4.78 is 0. The second kappa shape index (κ2) is 5.96. The molecule has 0 fully saturated rings. The Hall–Kier alpha value is -3.09. The summed E-state index contributed by atoms with van der Waals surface area (Å²) in [6, 6.07) is 8.03. The second-order valence-electron chi connectivity index (χ2n) is 5.01. The summed E-state index contributed by atoms with van der Waals surface area (Å²) in [5, 5.41) is 0.512. The molecule has 7 nitrogen and oxygen atoms in total. The number of hydrogen-bond acceptors (Lipinski definition) is 6. The van der Waals surface area contributed by atoms with Crippen molar-refractivity contribution in [3.05, 3.63) is 59.2 Å². The molecule has 0 saturated heterocycles. The number of aryl methyl sites for hydroxylation is 2. The monoisotopic (exact) mass is 311 g/mol. The van der Waals surface area contributed by atoms with Crippen molar-refractivity contribution >= 4 is 17.8 Å². The molecule has 0 unspecified atom stereocenters. The van der Waals surface area contributed by atoms with E-state index in [0.717, 1.165) is 0 Å². The summed E-state index contributed by atoms with van der Waals surface area (Å²) in [6.07, 6.45) is 1.95. The Bertz CT molecular complexity index is 768. The highest BCUT2D eigenvalue weighted by Gasteiger charge is 2.38. The predicted molar refractivity (Wildman–Crippen MR) is 78.1 cm³/mol. The van der Waals surface area contributed by atoms with Crippen molar-refractivity contribution < 1.29 is 19.2 Å². The second-order valence-corrected chi connectivity index (χ2v) is 5.01. The van der Waals surface area contributed by atoms with Crippen LogP contribution in [0.15, 0.2) is 36.5 Å². The lowest BCUT2D eigenvalue weighted by atomic mass is 10.1. The molecule has 0 spiro atoms. The number of nitrogens with zero attached hydrogens (tertiary/aromatic N) is 3. The molecule has 0 saturated carbocycles. The molecular weight excluding hydrogens is 298 g/mol. The molecule has 0 bridgehead atoms. The van der Waals surface area contributed by atoms with Gasteiger partial charge in [0.1, 0.15) is 5.82 Å². The van der Waals surface area contributed by atoms with Crippen LogP contribution in [-0.2, 0) is 16.1 Å². The largest absolute Gasteiger partial charge is 0.333 e. The third-order valence-electron chi connectivity index (χ3n) is 3.37. The minimum Gasteiger partial charge on any atom is -0.330 e. The van der Waals surface area contributed by atoms with E-state index in [1.165, 1.54) is 12.1 Å². The van der Waals surface area contributed by atoms with Crippen LogP contribution in [0, 0.1) is 6.92 Å². The summed E-state index contributed by atoms with van der Waals surface area (Å²) in [5.41, 5.74) is 1.16. The summed E-state index contributed by atoms with van der Waals surface area (Å²) in [5.74, 6) is -1.32. The smallest absolute Gasteiger partial charge is 0.330 e. The molecule has 3 rings (SSSR count). The molecule has 0 atom stereocenters. The third kappa shape index (κ3) is 2.94. The first-order chi connectivity index (χ1) is 11.1. The van der Waals surface area contributed by atoms with Gasteiger partial charge < -0.3 is 4.84 Å². The number of benzene rings is 1. The van der Waals surface area contributed by atoms with E-state index in [0.29, 0.717) is 23.0 Å². The van der Waals surface area contributed by atoms with Crippen LogP contribution in [0.1, 0.15) is 38.7 Å². The van der Waals surface area contributed by atoms with Gasteiger partial charge in [-0.05, 0) is 25.1 Å². The van der Waals surface area contributed by atoms with Gasteiger partial charge >= 0.3 is 5.97 Å². The first-order valence-electron chi connectivity index (χ1n) is 7.03. The zero-order valence-electron chi connectivity index (χ0n) is 12.4. The van der Waals surface area contributed by atoms with Crippen LogP contribution in [0.25, 0.3) is 0 Å². The van der Waals surface area contributed by atoms with E-state index in [-0.39, 0.29) is 17.5 Å². The van der Waals surface area contributed by atoms with Crippen molar-refractivity contribution in [1.82, 2.24) is 15.0 Å². The fourth-order valence-corrected chi connectivity index (χ4v) is 2.27. The lowest BCUT2D eigenvalue weighted by molar-refractivity contribution is -0.168. The Morgan fingerprint density at radius 2 is 1.78 bits per heavy atom. The highest BCUT2D eigenvalue weighted by atomic mass is 16.7. The maximum absolute atomic E-state index is 12.1. The molecule has 116 valence electrons. The summed E-state index contributed by atoms with van der Waals surface area (Å²) >= 11 is 0. The van der Waals surface area contributed by atoms with Crippen molar-refractivity contribution in [2.24, 2.45) is 0 Å². The van der Waals surface area contributed by atoms with E-state index >= 15 is 0 Å². The van der Waals surface area contributed by atoms with E-state index in [2.05, 4.69) is 9.97 Å². The minimum atomic E-state index is -0.671. The number of amides is 2. The molecule has 2 heterocycles. The maximum atomic E-state index is 12.1. The van der Waals surface area contributed by atoms with Gasteiger partial charge in [-0.2, -0.15) is 0 Å². The fourth-order valence-electron chi connectivity index (χ4n) is 2.27. The van der Waals surface area contributed by atoms with Gasteiger partial charge in [0.2, 0.25) is 0 Å². The van der Waals surface area contributed by atoms with Gasteiger partial charge in [-0.25, -0.2) is 14.8 Å². The summed E-state index contributed by atoms with van der Waals surface area (Å²) in [4.78, 5) is 49.1. The quantitative estimate of drug-likeness (QED) is 0.794. The molecule has 7 heteroatoms. The molecular formula is C16H13N3O4. The number of fused-ring (bicyclic) bond motifs is 1. The zero-order chi connectivity index (χ0) is 16.4. The molecule has 2 aromatic rings. The Labute approximate surface area is 131 Å². The molecule has 1 aliphatic heterocycles. The minimum absolute atomic E-state index is 0.00383.